The van der Waals surface area contributed by atoms with Crippen molar-refractivity contribution in [3.05, 3.63) is 185 Å². The fourth-order valence-corrected chi connectivity index (χ4v) is 7.70. The quantitative estimate of drug-likeness (QED) is 0.0586. The maximum atomic E-state index is 6.28. The Morgan fingerprint density at radius 1 is 0.784 bits per heavy atom. The van der Waals surface area contributed by atoms with E-state index in [-0.39, 0.29) is 0 Å². The topological polar surface area (TPSA) is 31.4 Å². The van der Waals surface area contributed by atoms with Gasteiger partial charge in [-0.15, -0.1) is 18.3 Å². The second-order valence-corrected chi connectivity index (χ2v) is 13.7. The number of allylic oxidation sites excluding steroid dienone is 5. The van der Waals surface area contributed by atoms with Crippen LogP contribution in [0.15, 0.2) is 157 Å². The van der Waals surface area contributed by atoms with E-state index in [0.29, 0.717) is 13.2 Å². The largest absolute Gasteiger partial charge is 0.489 e. The van der Waals surface area contributed by atoms with Crippen molar-refractivity contribution in [3.8, 4) is 11.5 Å². The van der Waals surface area contributed by atoms with Gasteiger partial charge in [0, 0.05) is 5.39 Å². The molecular formula is C47H49NO2S. The van der Waals surface area contributed by atoms with Gasteiger partial charge in [0.1, 0.15) is 24.7 Å². The summed E-state index contributed by atoms with van der Waals surface area (Å²) in [6.45, 7) is 13.4. The first kappa shape index (κ1) is 37.2. The first-order chi connectivity index (χ1) is 25.0. The number of hydrogen-bond acceptors (Lipinski definition) is 4. The number of aromatic nitrogens is 1. The van der Waals surface area contributed by atoms with Gasteiger partial charge in [0.15, 0.2) is 0 Å². The molecule has 1 unspecified atom stereocenters. The van der Waals surface area contributed by atoms with E-state index in [0.717, 1.165) is 52.3 Å². The third-order valence-electron chi connectivity index (χ3n) is 8.85. The summed E-state index contributed by atoms with van der Waals surface area (Å²) < 4.78 is 12.1. The molecule has 0 spiro atoms. The van der Waals surface area contributed by atoms with Crippen molar-refractivity contribution in [3.63, 3.8) is 0 Å². The zero-order valence-corrected chi connectivity index (χ0v) is 31.2. The minimum Gasteiger partial charge on any atom is -0.489 e. The third-order valence-corrected chi connectivity index (χ3v) is 10.5. The SMILES string of the molecule is C=CCCSC(/C(=C/C=C\C)CC)(c1ccc(OC/C(C)=C/C=c2/cccc/c2=C/C)cc1)c1ccc(OCc2ccc3ccccc3n2)cc1. The fraction of sp³-hybridized carbons (Fsp3) is 0.213. The number of ether oxygens (including phenoxy) is 2. The Bertz CT molecular complexity index is 2110. The maximum Gasteiger partial charge on any atom is 0.130 e. The van der Waals surface area contributed by atoms with Gasteiger partial charge in [0.05, 0.1) is 16.0 Å². The summed E-state index contributed by atoms with van der Waals surface area (Å²) in [5.41, 5.74) is 6.78. The standard InChI is InChI=1S/C47H49NO2S/c1-6-10-19-40(9-4)47(51-33-11-7-2,42-26-31-45(32-27-42)50-35-43-28-23-39-18-14-15-20-46(39)48-43)41-24-29-44(30-25-41)49-34-36(5)21-22-38-17-13-12-16-37(38)8-3/h6-8,10,12-32H,2,9,11,33-35H2,1,3-5H3/b10-6-,36-21+,37-8-,38-22-,40-19+. The highest BCUT2D eigenvalue weighted by molar-refractivity contribution is 8.00. The molecule has 5 aromatic rings. The number of nitrogens with zero attached hydrogens (tertiary/aromatic N) is 1. The highest BCUT2D eigenvalue weighted by Crippen LogP contribution is 2.50. The van der Waals surface area contributed by atoms with Crippen LogP contribution in [0.2, 0.25) is 0 Å². The molecule has 0 aliphatic heterocycles. The first-order valence-electron chi connectivity index (χ1n) is 17.8. The number of fused-ring (bicyclic) bond motifs is 1. The van der Waals surface area contributed by atoms with Crippen molar-refractivity contribution in [2.45, 2.75) is 51.9 Å². The Morgan fingerprint density at radius 2 is 1.45 bits per heavy atom. The van der Waals surface area contributed by atoms with Gasteiger partial charge in [-0.25, -0.2) is 4.98 Å². The highest BCUT2D eigenvalue weighted by atomic mass is 32.2. The lowest BCUT2D eigenvalue weighted by molar-refractivity contribution is 0.301. The second-order valence-electron chi connectivity index (χ2n) is 12.4. The van der Waals surface area contributed by atoms with Crippen LogP contribution in [-0.4, -0.2) is 17.3 Å². The minimum atomic E-state index is -0.414. The van der Waals surface area contributed by atoms with Crippen molar-refractivity contribution in [2.24, 2.45) is 0 Å². The Labute approximate surface area is 308 Å². The zero-order chi connectivity index (χ0) is 35.9. The van der Waals surface area contributed by atoms with Crippen LogP contribution in [0.5, 0.6) is 11.5 Å². The summed E-state index contributed by atoms with van der Waals surface area (Å²) in [7, 11) is 0. The van der Waals surface area contributed by atoms with Crippen LogP contribution in [-0.2, 0) is 11.4 Å². The first-order valence-corrected chi connectivity index (χ1v) is 18.8. The molecule has 0 aliphatic rings. The molecule has 3 nitrogen and oxygen atoms in total. The molecule has 0 bridgehead atoms. The normalized spacial score (nSPS) is 14.2. The van der Waals surface area contributed by atoms with Crippen molar-refractivity contribution >= 4 is 34.8 Å². The number of hydrogen-bond donors (Lipinski definition) is 0. The van der Waals surface area contributed by atoms with Gasteiger partial charge in [0.25, 0.3) is 0 Å². The van der Waals surface area contributed by atoms with E-state index in [1.165, 1.54) is 27.1 Å². The Hall–Kier alpha value is -5.06. The molecule has 4 heteroatoms. The lowest BCUT2D eigenvalue weighted by atomic mass is 9.82. The molecule has 5 rings (SSSR count). The minimum absolute atomic E-state index is 0.406. The molecule has 260 valence electrons. The molecule has 51 heavy (non-hydrogen) atoms. The van der Waals surface area contributed by atoms with Gasteiger partial charge in [-0.3, -0.25) is 0 Å². The van der Waals surface area contributed by atoms with Gasteiger partial charge in [-0.1, -0.05) is 122 Å². The number of para-hydroxylation sites is 1. The van der Waals surface area contributed by atoms with Crippen molar-refractivity contribution in [2.75, 3.05) is 12.4 Å². The molecule has 1 atom stereocenters. The molecule has 0 saturated carbocycles. The molecule has 1 aromatic heterocycles. The summed E-state index contributed by atoms with van der Waals surface area (Å²) in [6, 6.07) is 38.0. The van der Waals surface area contributed by atoms with Gasteiger partial charge in [0.2, 0.25) is 0 Å². The van der Waals surface area contributed by atoms with Crippen LogP contribution in [0.3, 0.4) is 0 Å². The van der Waals surface area contributed by atoms with Crippen LogP contribution in [0, 0.1) is 0 Å². The Balaban J connectivity index is 1.42. The van der Waals surface area contributed by atoms with Gasteiger partial charge < -0.3 is 9.47 Å². The molecule has 0 N–H and O–H groups in total. The zero-order valence-electron chi connectivity index (χ0n) is 30.3. The molecule has 0 aliphatic carbocycles. The molecule has 1 heterocycles. The van der Waals surface area contributed by atoms with E-state index in [9.17, 15) is 0 Å². The lowest BCUT2D eigenvalue weighted by Gasteiger charge is -2.37. The van der Waals surface area contributed by atoms with Crippen molar-refractivity contribution in [1.82, 2.24) is 4.98 Å². The third kappa shape index (κ3) is 9.59. The molecule has 0 radical (unpaired) electrons. The van der Waals surface area contributed by atoms with E-state index in [1.54, 1.807) is 0 Å². The number of benzene rings is 4. The van der Waals surface area contributed by atoms with Crippen LogP contribution in [0.1, 0.15) is 57.4 Å². The molecule has 4 aromatic carbocycles. The van der Waals surface area contributed by atoms with E-state index < -0.39 is 4.75 Å². The van der Waals surface area contributed by atoms with Gasteiger partial charge in [-0.05, 0) is 108 Å². The van der Waals surface area contributed by atoms with Gasteiger partial charge in [-0.2, -0.15) is 0 Å². The summed E-state index contributed by atoms with van der Waals surface area (Å²) in [6.07, 6.45) is 16.8. The van der Waals surface area contributed by atoms with E-state index >= 15 is 0 Å². The Kier molecular flexibility index (Phi) is 13.7. The summed E-state index contributed by atoms with van der Waals surface area (Å²) >= 11 is 1.95. The number of thioether (sulfide) groups is 1. The monoisotopic (exact) mass is 691 g/mol. The maximum absolute atomic E-state index is 6.28. The Morgan fingerprint density at radius 3 is 2.12 bits per heavy atom. The van der Waals surface area contributed by atoms with Crippen LogP contribution < -0.4 is 19.9 Å². The summed E-state index contributed by atoms with van der Waals surface area (Å²) in [5.74, 6) is 2.59. The lowest BCUT2D eigenvalue weighted by Crippen LogP contribution is -2.27. The average Bonchev–Trinajstić information content (AvgIpc) is 3.18. The van der Waals surface area contributed by atoms with E-state index in [1.807, 2.05) is 42.1 Å². The van der Waals surface area contributed by atoms with Crippen molar-refractivity contribution in [1.29, 1.82) is 0 Å². The predicted molar refractivity (Wildman–Crippen MR) is 220 cm³/mol. The van der Waals surface area contributed by atoms with E-state index in [2.05, 4.69) is 156 Å². The van der Waals surface area contributed by atoms with Crippen LogP contribution in [0.4, 0.5) is 0 Å². The number of pyridine rings is 1. The predicted octanol–water partition coefficient (Wildman–Crippen LogP) is 10.9. The fourth-order valence-electron chi connectivity index (χ4n) is 6.11. The summed E-state index contributed by atoms with van der Waals surface area (Å²) in [5, 5.41) is 3.55. The molecule has 0 fully saturated rings. The highest BCUT2D eigenvalue weighted by Gasteiger charge is 2.37. The van der Waals surface area contributed by atoms with Gasteiger partial charge >= 0.3 is 0 Å². The smallest absolute Gasteiger partial charge is 0.130 e. The van der Waals surface area contributed by atoms with Crippen LogP contribution >= 0.6 is 11.8 Å². The molecule has 0 amide bonds. The summed E-state index contributed by atoms with van der Waals surface area (Å²) in [4.78, 5) is 4.78. The molecule has 0 saturated heterocycles. The molecular weight excluding hydrogens is 643 g/mol. The van der Waals surface area contributed by atoms with Crippen LogP contribution in [0.25, 0.3) is 23.1 Å². The number of rotatable bonds is 16. The second kappa shape index (κ2) is 18.8. The average molecular weight is 692 g/mol. The van der Waals surface area contributed by atoms with E-state index in [4.69, 9.17) is 14.5 Å². The van der Waals surface area contributed by atoms with Crippen molar-refractivity contribution < 1.29 is 9.47 Å².